The van der Waals surface area contributed by atoms with Crippen LogP contribution in [0.1, 0.15) is 23.2 Å². The summed E-state index contributed by atoms with van der Waals surface area (Å²) in [6.45, 7) is 1.56. The van der Waals surface area contributed by atoms with Crippen LogP contribution in [0.4, 0.5) is 4.39 Å². The van der Waals surface area contributed by atoms with E-state index >= 15 is 0 Å². The lowest BCUT2D eigenvalue weighted by atomic mass is 9.96. The molecule has 154 valence electrons. The summed E-state index contributed by atoms with van der Waals surface area (Å²) >= 11 is 0. The minimum atomic E-state index is -3.83. The average Bonchev–Trinajstić information content (AvgIpc) is 2.73. The van der Waals surface area contributed by atoms with Crippen LogP contribution < -0.4 is 0 Å². The Bertz CT molecular complexity index is 846. The Morgan fingerprint density at radius 1 is 1.14 bits per heavy atom. The van der Waals surface area contributed by atoms with Crippen LogP contribution in [0.25, 0.3) is 0 Å². The number of morpholine rings is 1. The maximum absolute atomic E-state index is 14.3. The van der Waals surface area contributed by atoms with E-state index in [0.29, 0.717) is 26.1 Å². The Balaban J connectivity index is 1.78. The molecule has 2 aliphatic rings. The fraction of sp³-hybridized carbons (Fsp3) is 0.556. The summed E-state index contributed by atoms with van der Waals surface area (Å²) < 4.78 is 51.0. The Labute approximate surface area is 163 Å². The number of nitrogens with zero attached hydrogens (tertiary/aromatic N) is 2. The van der Waals surface area contributed by atoms with Crippen molar-refractivity contribution in [1.82, 2.24) is 9.21 Å². The van der Waals surface area contributed by atoms with Gasteiger partial charge in [0.05, 0.1) is 36.7 Å². The quantitative estimate of drug-likeness (QED) is 0.679. The number of benzene rings is 1. The molecule has 28 heavy (non-hydrogen) atoms. The Kier molecular flexibility index (Phi) is 6.31. The van der Waals surface area contributed by atoms with Crippen molar-refractivity contribution in [3.05, 3.63) is 29.6 Å². The summed E-state index contributed by atoms with van der Waals surface area (Å²) in [6, 6.07) is 3.26. The van der Waals surface area contributed by atoms with Crippen LogP contribution in [0.2, 0.25) is 0 Å². The lowest BCUT2D eigenvalue weighted by molar-refractivity contribution is -0.146. The van der Waals surface area contributed by atoms with E-state index in [1.54, 1.807) is 0 Å². The molecule has 0 unspecified atom stereocenters. The van der Waals surface area contributed by atoms with E-state index in [2.05, 4.69) is 0 Å². The van der Waals surface area contributed by atoms with Crippen molar-refractivity contribution in [3.8, 4) is 0 Å². The molecule has 10 heteroatoms. The molecule has 0 radical (unpaired) electrons. The number of methoxy groups -OCH3 is 1. The van der Waals surface area contributed by atoms with Crippen molar-refractivity contribution in [2.24, 2.45) is 5.92 Å². The summed E-state index contributed by atoms with van der Waals surface area (Å²) in [5, 5.41) is 0. The predicted molar refractivity (Wildman–Crippen MR) is 96.6 cm³/mol. The normalized spacial score (nSPS) is 19.4. The zero-order valence-electron chi connectivity index (χ0n) is 15.6. The number of hydrogen-bond donors (Lipinski definition) is 0. The van der Waals surface area contributed by atoms with Crippen LogP contribution in [0.3, 0.4) is 0 Å². The first-order valence-corrected chi connectivity index (χ1v) is 10.5. The van der Waals surface area contributed by atoms with E-state index in [4.69, 9.17) is 9.47 Å². The number of piperidine rings is 1. The number of amides is 1. The summed E-state index contributed by atoms with van der Waals surface area (Å²) in [5.41, 5.74) is -0.286. The molecule has 2 aliphatic heterocycles. The molecule has 0 atom stereocenters. The van der Waals surface area contributed by atoms with Gasteiger partial charge in [-0.25, -0.2) is 12.8 Å². The Morgan fingerprint density at radius 3 is 2.39 bits per heavy atom. The number of likely N-dealkylation sites (tertiary alicyclic amines) is 1. The van der Waals surface area contributed by atoms with Gasteiger partial charge >= 0.3 is 5.97 Å². The molecule has 1 aromatic rings. The molecule has 0 N–H and O–H groups in total. The van der Waals surface area contributed by atoms with Gasteiger partial charge in [0.1, 0.15) is 5.82 Å². The highest BCUT2D eigenvalue weighted by atomic mass is 32.2. The molecule has 1 amide bonds. The molecule has 0 saturated carbocycles. The topological polar surface area (TPSA) is 93.2 Å². The van der Waals surface area contributed by atoms with Gasteiger partial charge in [-0.15, -0.1) is 0 Å². The van der Waals surface area contributed by atoms with Crippen LogP contribution in [-0.4, -0.2) is 76.0 Å². The predicted octanol–water partition coefficient (Wildman–Crippen LogP) is 0.872. The molecule has 0 aromatic heterocycles. The van der Waals surface area contributed by atoms with E-state index in [0.717, 1.165) is 12.1 Å². The number of hydrogen-bond acceptors (Lipinski definition) is 6. The fourth-order valence-electron chi connectivity index (χ4n) is 3.42. The molecular weight excluding hydrogens is 391 g/mol. The zero-order chi connectivity index (χ0) is 20.3. The minimum Gasteiger partial charge on any atom is -0.469 e. The van der Waals surface area contributed by atoms with Crippen LogP contribution >= 0.6 is 0 Å². The van der Waals surface area contributed by atoms with Crippen molar-refractivity contribution in [3.63, 3.8) is 0 Å². The van der Waals surface area contributed by atoms with Gasteiger partial charge in [-0.1, -0.05) is 0 Å². The number of halogens is 1. The van der Waals surface area contributed by atoms with Crippen LogP contribution in [0, 0.1) is 11.7 Å². The lowest BCUT2D eigenvalue weighted by Gasteiger charge is -2.31. The molecule has 0 bridgehead atoms. The molecule has 3 rings (SSSR count). The summed E-state index contributed by atoms with van der Waals surface area (Å²) in [7, 11) is -2.52. The molecule has 2 fully saturated rings. The van der Waals surface area contributed by atoms with E-state index in [1.165, 1.54) is 22.4 Å². The third-order valence-corrected chi connectivity index (χ3v) is 6.99. The van der Waals surface area contributed by atoms with E-state index < -0.39 is 21.7 Å². The average molecular weight is 414 g/mol. The van der Waals surface area contributed by atoms with Crippen LogP contribution in [0.15, 0.2) is 23.1 Å². The Hall–Kier alpha value is -2.04. The minimum absolute atomic E-state index is 0.122. The fourth-order valence-corrected chi connectivity index (χ4v) is 4.85. The number of sulfonamides is 1. The van der Waals surface area contributed by atoms with Gasteiger partial charge in [0, 0.05) is 26.2 Å². The molecule has 8 nitrogen and oxygen atoms in total. The van der Waals surface area contributed by atoms with E-state index in [9.17, 15) is 22.4 Å². The van der Waals surface area contributed by atoms with Gasteiger partial charge in [0.25, 0.3) is 5.91 Å². The molecule has 2 heterocycles. The zero-order valence-corrected chi connectivity index (χ0v) is 16.4. The van der Waals surface area contributed by atoms with Crippen LogP contribution in [0.5, 0.6) is 0 Å². The molecule has 0 spiro atoms. The third kappa shape index (κ3) is 4.18. The smallest absolute Gasteiger partial charge is 0.308 e. The maximum atomic E-state index is 14.3. The highest BCUT2D eigenvalue weighted by Gasteiger charge is 2.31. The molecule has 1 aromatic carbocycles. The standard InChI is InChI=1S/C18H23FN2O6S/c1-26-18(23)13-4-6-20(7-5-13)17(22)15-12-14(2-3-16(15)19)28(24,25)21-8-10-27-11-9-21/h2-3,12-13H,4-11H2,1H3. The third-order valence-electron chi connectivity index (χ3n) is 5.09. The first kappa shape index (κ1) is 20.7. The van der Waals surface area contributed by atoms with Crippen molar-refractivity contribution in [2.45, 2.75) is 17.7 Å². The van der Waals surface area contributed by atoms with E-state index in [-0.39, 0.29) is 48.5 Å². The summed E-state index contributed by atoms with van der Waals surface area (Å²) in [6.07, 6.45) is 0.845. The van der Waals surface area contributed by atoms with Crippen molar-refractivity contribution >= 4 is 21.9 Å². The number of rotatable bonds is 4. The Morgan fingerprint density at radius 2 is 1.79 bits per heavy atom. The first-order valence-electron chi connectivity index (χ1n) is 9.09. The monoisotopic (exact) mass is 414 g/mol. The lowest BCUT2D eigenvalue weighted by Crippen LogP contribution is -2.41. The van der Waals surface area contributed by atoms with E-state index in [1.807, 2.05) is 0 Å². The largest absolute Gasteiger partial charge is 0.469 e. The first-order chi connectivity index (χ1) is 13.3. The number of carbonyl (C=O) groups is 2. The number of ether oxygens (including phenoxy) is 2. The number of carbonyl (C=O) groups excluding carboxylic acids is 2. The van der Waals surface area contributed by atoms with Crippen molar-refractivity contribution < 1.29 is 31.9 Å². The van der Waals surface area contributed by atoms with Gasteiger partial charge in [-0.2, -0.15) is 4.31 Å². The van der Waals surface area contributed by atoms with Gasteiger partial charge < -0.3 is 14.4 Å². The van der Waals surface area contributed by atoms with Gasteiger partial charge in [0.15, 0.2) is 0 Å². The van der Waals surface area contributed by atoms with Crippen molar-refractivity contribution in [1.29, 1.82) is 0 Å². The highest BCUT2D eigenvalue weighted by Crippen LogP contribution is 2.24. The van der Waals surface area contributed by atoms with Crippen molar-refractivity contribution in [2.75, 3.05) is 46.5 Å². The molecule has 2 saturated heterocycles. The number of esters is 1. The highest BCUT2D eigenvalue weighted by molar-refractivity contribution is 7.89. The summed E-state index contributed by atoms with van der Waals surface area (Å²) in [5.74, 6) is -1.97. The molecular formula is C18H23FN2O6S. The second-order valence-electron chi connectivity index (χ2n) is 6.75. The SMILES string of the molecule is COC(=O)C1CCN(C(=O)c2cc(S(=O)(=O)N3CCOCC3)ccc2F)CC1. The van der Waals surface area contributed by atoms with Gasteiger partial charge in [0.2, 0.25) is 10.0 Å². The van der Waals surface area contributed by atoms with Gasteiger partial charge in [-0.05, 0) is 31.0 Å². The van der Waals surface area contributed by atoms with Crippen LogP contribution in [-0.2, 0) is 24.3 Å². The maximum Gasteiger partial charge on any atom is 0.308 e. The second kappa shape index (κ2) is 8.54. The molecule has 0 aliphatic carbocycles. The second-order valence-corrected chi connectivity index (χ2v) is 8.69. The summed E-state index contributed by atoms with van der Waals surface area (Å²) in [4.78, 5) is 25.7. The van der Waals surface area contributed by atoms with Gasteiger partial charge in [-0.3, -0.25) is 9.59 Å².